The largest absolute Gasteiger partial charge is 0.677 e. The lowest BCUT2D eigenvalue weighted by Crippen LogP contribution is -2.24. The fourth-order valence-corrected chi connectivity index (χ4v) is 0.842. The zero-order valence-corrected chi connectivity index (χ0v) is 6.48. The van der Waals surface area contributed by atoms with Crippen molar-refractivity contribution in [2.24, 2.45) is 0 Å². The van der Waals surface area contributed by atoms with Gasteiger partial charge in [-0.05, 0) is 19.6 Å². The van der Waals surface area contributed by atoms with Gasteiger partial charge >= 0.3 is 0 Å². The minimum atomic E-state index is 0.566. The first-order valence-electron chi connectivity index (χ1n) is 3.72. The molecule has 0 fully saturated rings. The summed E-state index contributed by atoms with van der Waals surface area (Å²) in [5.41, 5.74) is 6.92. The lowest BCUT2D eigenvalue weighted by molar-refractivity contribution is 0.304. The fourth-order valence-electron chi connectivity index (χ4n) is 0.842. The molecular weight excluding hydrogens is 112 g/mol. The molecule has 0 spiro atoms. The van der Waals surface area contributed by atoms with E-state index in [4.69, 9.17) is 5.73 Å². The van der Waals surface area contributed by atoms with Gasteiger partial charge in [0.25, 0.3) is 0 Å². The maximum absolute atomic E-state index is 6.92. The molecule has 1 N–H and O–H groups in total. The second-order valence-electron chi connectivity index (χ2n) is 2.13. The topological polar surface area (TPSA) is 27.0 Å². The quantitative estimate of drug-likeness (QED) is 0.555. The Balaban J connectivity index is 3.09. The van der Waals surface area contributed by atoms with Crippen LogP contribution in [0.4, 0.5) is 0 Å². The molecule has 0 heterocycles. The molecule has 0 radical (unpaired) electrons. The van der Waals surface area contributed by atoms with E-state index in [1.165, 1.54) is 0 Å². The summed E-state index contributed by atoms with van der Waals surface area (Å²) in [6, 6.07) is 0. The SMILES string of the molecule is CCN(CC)CCC[NH-]. The average Bonchev–Trinajstić information content (AvgIpc) is 1.91. The summed E-state index contributed by atoms with van der Waals surface area (Å²) in [6.45, 7) is 8.22. The number of nitrogens with one attached hydrogen (secondary N) is 1. The van der Waals surface area contributed by atoms with Crippen LogP contribution in [0.2, 0.25) is 0 Å². The summed E-state index contributed by atoms with van der Waals surface area (Å²) in [5.74, 6) is 0. The summed E-state index contributed by atoms with van der Waals surface area (Å²) in [5, 5.41) is 0. The second kappa shape index (κ2) is 6.05. The Kier molecular flexibility index (Phi) is 5.99. The van der Waals surface area contributed by atoms with Crippen molar-refractivity contribution in [3.8, 4) is 0 Å². The van der Waals surface area contributed by atoms with Gasteiger partial charge in [-0.3, -0.25) is 0 Å². The van der Waals surface area contributed by atoms with E-state index in [-0.39, 0.29) is 0 Å². The number of hydrogen-bond acceptors (Lipinski definition) is 1. The van der Waals surface area contributed by atoms with Crippen LogP contribution in [0.1, 0.15) is 20.3 Å². The molecule has 0 saturated carbocycles. The van der Waals surface area contributed by atoms with Crippen LogP contribution in [0, 0.1) is 0 Å². The van der Waals surface area contributed by atoms with E-state index in [1.54, 1.807) is 0 Å². The van der Waals surface area contributed by atoms with Gasteiger partial charge in [0.1, 0.15) is 0 Å². The maximum atomic E-state index is 6.92. The van der Waals surface area contributed by atoms with Gasteiger partial charge in [-0.2, -0.15) is 0 Å². The van der Waals surface area contributed by atoms with Crippen LogP contribution >= 0.6 is 0 Å². The van der Waals surface area contributed by atoms with Crippen molar-refractivity contribution in [1.29, 1.82) is 0 Å². The Hall–Kier alpha value is -0.0800. The van der Waals surface area contributed by atoms with Gasteiger partial charge in [0, 0.05) is 0 Å². The molecule has 56 valence electrons. The molecule has 0 bridgehead atoms. The second-order valence-corrected chi connectivity index (χ2v) is 2.13. The van der Waals surface area contributed by atoms with E-state index < -0.39 is 0 Å². The van der Waals surface area contributed by atoms with Gasteiger partial charge in [-0.15, -0.1) is 6.54 Å². The van der Waals surface area contributed by atoms with E-state index in [2.05, 4.69) is 18.7 Å². The summed E-state index contributed by atoms with van der Waals surface area (Å²) in [6.07, 6.45) is 1.02. The van der Waals surface area contributed by atoms with Crippen molar-refractivity contribution >= 4 is 0 Å². The monoisotopic (exact) mass is 129 g/mol. The molecule has 0 aromatic rings. The van der Waals surface area contributed by atoms with E-state index in [9.17, 15) is 0 Å². The van der Waals surface area contributed by atoms with Crippen molar-refractivity contribution in [2.75, 3.05) is 26.2 Å². The van der Waals surface area contributed by atoms with E-state index in [0.29, 0.717) is 6.54 Å². The Morgan fingerprint density at radius 1 is 1.22 bits per heavy atom. The Morgan fingerprint density at radius 3 is 2.11 bits per heavy atom. The average molecular weight is 129 g/mol. The Bertz CT molecular complexity index is 50.9. The van der Waals surface area contributed by atoms with Crippen molar-refractivity contribution in [3.63, 3.8) is 0 Å². The first-order chi connectivity index (χ1) is 4.35. The van der Waals surface area contributed by atoms with Crippen LogP contribution in [-0.4, -0.2) is 31.1 Å². The summed E-state index contributed by atoms with van der Waals surface area (Å²) < 4.78 is 0. The van der Waals surface area contributed by atoms with Gasteiger partial charge in [-0.1, -0.05) is 20.3 Å². The minimum Gasteiger partial charge on any atom is -0.677 e. The predicted octanol–water partition coefficient (Wildman–Crippen LogP) is 1.77. The van der Waals surface area contributed by atoms with Gasteiger partial charge in [0.2, 0.25) is 0 Å². The number of nitrogens with zero attached hydrogens (tertiary/aromatic N) is 1. The molecular formula is C7H17N2-. The van der Waals surface area contributed by atoms with E-state index in [1.807, 2.05) is 0 Å². The minimum absolute atomic E-state index is 0.566. The summed E-state index contributed by atoms with van der Waals surface area (Å²) in [4.78, 5) is 2.34. The summed E-state index contributed by atoms with van der Waals surface area (Å²) >= 11 is 0. The summed E-state index contributed by atoms with van der Waals surface area (Å²) in [7, 11) is 0. The third-order valence-corrected chi connectivity index (χ3v) is 1.55. The van der Waals surface area contributed by atoms with Crippen LogP contribution in [0.25, 0.3) is 5.73 Å². The molecule has 2 heteroatoms. The van der Waals surface area contributed by atoms with Gasteiger partial charge in [0.15, 0.2) is 0 Å². The Labute approximate surface area is 58.0 Å². The van der Waals surface area contributed by atoms with Crippen molar-refractivity contribution < 1.29 is 0 Å². The molecule has 0 aliphatic rings. The lowest BCUT2D eigenvalue weighted by Gasteiger charge is -2.17. The maximum Gasteiger partial charge on any atom is -0.00354 e. The molecule has 2 nitrogen and oxygen atoms in total. The molecule has 9 heavy (non-hydrogen) atoms. The lowest BCUT2D eigenvalue weighted by atomic mass is 10.4. The predicted molar refractivity (Wildman–Crippen MR) is 41.6 cm³/mol. The van der Waals surface area contributed by atoms with Crippen LogP contribution in [0.15, 0.2) is 0 Å². The molecule has 0 aliphatic heterocycles. The highest BCUT2D eigenvalue weighted by molar-refractivity contribution is 4.56. The molecule has 0 aromatic carbocycles. The van der Waals surface area contributed by atoms with Gasteiger partial charge in [-0.25, -0.2) is 0 Å². The molecule has 0 amide bonds. The zero-order valence-electron chi connectivity index (χ0n) is 6.48. The molecule has 0 saturated heterocycles. The molecule has 0 aliphatic carbocycles. The van der Waals surface area contributed by atoms with Gasteiger partial charge in [0.05, 0.1) is 0 Å². The first kappa shape index (κ1) is 8.92. The first-order valence-corrected chi connectivity index (χ1v) is 3.72. The van der Waals surface area contributed by atoms with Crippen LogP contribution in [0.5, 0.6) is 0 Å². The Morgan fingerprint density at radius 2 is 1.78 bits per heavy atom. The third kappa shape index (κ3) is 4.43. The highest BCUT2D eigenvalue weighted by Gasteiger charge is 1.93. The third-order valence-electron chi connectivity index (χ3n) is 1.55. The number of rotatable bonds is 5. The standard InChI is InChI=1S/C7H17N2/c1-3-9(4-2)7-5-6-8/h8H,3-7H2,1-2H3/q-1. The zero-order chi connectivity index (χ0) is 7.11. The number of hydrogen-bond donors (Lipinski definition) is 0. The van der Waals surface area contributed by atoms with Crippen LogP contribution in [0.3, 0.4) is 0 Å². The van der Waals surface area contributed by atoms with Crippen molar-refractivity contribution in [3.05, 3.63) is 5.73 Å². The van der Waals surface area contributed by atoms with Crippen LogP contribution < -0.4 is 0 Å². The smallest absolute Gasteiger partial charge is 0.00354 e. The normalized spacial score (nSPS) is 10.7. The van der Waals surface area contributed by atoms with Crippen molar-refractivity contribution in [2.45, 2.75) is 20.3 Å². The fraction of sp³-hybridized carbons (Fsp3) is 1.00. The molecule has 0 aromatic heterocycles. The van der Waals surface area contributed by atoms with Gasteiger partial charge < -0.3 is 10.6 Å². The highest BCUT2D eigenvalue weighted by Crippen LogP contribution is 1.89. The highest BCUT2D eigenvalue weighted by atomic mass is 15.1. The van der Waals surface area contributed by atoms with Crippen molar-refractivity contribution in [1.82, 2.24) is 4.90 Å². The van der Waals surface area contributed by atoms with Crippen LogP contribution in [-0.2, 0) is 0 Å². The molecule has 0 atom stereocenters. The van der Waals surface area contributed by atoms with E-state index >= 15 is 0 Å². The van der Waals surface area contributed by atoms with E-state index in [0.717, 1.165) is 26.1 Å². The molecule has 0 rings (SSSR count). The molecule has 0 unspecified atom stereocenters.